The van der Waals surface area contributed by atoms with E-state index in [9.17, 15) is 27.2 Å². The number of hydrogen-bond donors (Lipinski definition) is 1. The van der Waals surface area contributed by atoms with Crippen molar-refractivity contribution >= 4 is 23.2 Å². The summed E-state index contributed by atoms with van der Waals surface area (Å²) in [6, 6.07) is 2.75. The molecular formula is C15H6Cl2F4N4O3. The third kappa shape index (κ3) is 3.99. The molecular weight excluding hydrogens is 431 g/mol. The monoisotopic (exact) mass is 436 g/mol. The van der Waals surface area contributed by atoms with Crippen molar-refractivity contribution in [1.82, 2.24) is 19.5 Å². The second kappa shape index (κ2) is 7.24. The van der Waals surface area contributed by atoms with E-state index in [0.717, 1.165) is 6.07 Å². The molecule has 0 saturated heterocycles. The average Bonchev–Trinajstić information content (AvgIpc) is 2.57. The number of alkyl halides is 3. The van der Waals surface area contributed by atoms with Crippen LogP contribution in [0.15, 0.2) is 40.1 Å². The molecule has 0 radical (unpaired) electrons. The van der Waals surface area contributed by atoms with Crippen molar-refractivity contribution in [2.75, 3.05) is 0 Å². The Morgan fingerprint density at radius 1 is 1.14 bits per heavy atom. The third-order valence-corrected chi connectivity index (χ3v) is 3.79. The molecule has 1 aromatic carbocycles. The predicted molar refractivity (Wildman–Crippen MR) is 89.7 cm³/mol. The van der Waals surface area contributed by atoms with Gasteiger partial charge >= 0.3 is 17.9 Å². The molecule has 3 rings (SSSR count). The SMILES string of the molecule is O=c1cc(C(F)(F)F)[nH]c(=O)n1-c1cc(Oc2nccc(Cl)n2)c(Cl)cc1F. The summed E-state index contributed by atoms with van der Waals surface area (Å²) in [4.78, 5) is 32.9. The Labute approximate surface area is 162 Å². The lowest BCUT2D eigenvalue weighted by atomic mass is 10.2. The number of rotatable bonds is 3. The third-order valence-electron chi connectivity index (χ3n) is 3.28. The second-order valence-corrected chi connectivity index (χ2v) is 5.95. The fourth-order valence-electron chi connectivity index (χ4n) is 2.11. The van der Waals surface area contributed by atoms with E-state index in [1.54, 1.807) is 0 Å². The molecule has 0 amide bonds. The van der Waals surface area contributed by atoms with E-state index in [0.29, 0.717) is 6.07 Å². The summed E-state index contributed by atoms with van der Waals surface area (Å²) in [5, 5.41) is -0.250. The van der Waals surface area contributed by atoms with Gasteiger partial charge in [-0.1, -0.05) is 23.2 Å². The lowest BCUT2D eigenvalue weighted by molar-refractivity contribution is -0.141. The van der Waals surface area contributed by atoms with Crippen molar-refractivity contribution in [2.24, 2.45) is 0 Å². The minimum absolute atomic E-state index is 0.0267. The quantitative estimate of drug-likeness (QED) is 0.500. The largest absolute Gasteiger partial charge is 0.431 e. The molecule has 7 nitrogen and oxygen atoms in total. The molecule has 0 fully saturated rings. The van der Waals surface area contributed by atoms with Crippen molar-refractivity contribution in [1.29, 1.82) is 0 Å². The molecule has 3 aromatic rings. The molecule has 2 heterocycles. The molecule has 0 saturated carbocycles. The molecule has 0 bridgehead atoms. The van der Waals surface area contributed by atoms with Gasteiger partial charge in [-0.25, -0.2) is 18.7 Å². The summed E-state index contributed by atoms with van der Waals surface area (Å²) < 4.78 is 57.8. The van der Waals surface area contributed by atoms with Crippen LogP contribution in [0.2, 0.25) is 10.2 Å². The Balaban J connectivity index is 2.13. The van der Waals surface area contributed by atoms with Gasteiger partial charge in [0, 0.05) is 18.3 Å². The van der Waals surface area contributed by atoms with Crippen LogP contribution in [0.4, 0.5) is 17.6 Å². The maximum Gasteiger partial charge on any atom is 0.431 e. The van der Waals surface area contributed by atoms with Crippen molar-refractivity contribution < 1.29 is 22.3 Å². The zero-order valence-electron chi connectivity index (χ0n) is 13.2. The molecule has 28 heavy (non-hydrogen) atoms. The van der Waals surface area contributed by atoms with Crippen LogP contribution in [-0.4, -0.2) is 19.5 Å². The van der Waals surface area contributed by atoms with Gasteiger partial charge in [0.1, 0.15) is 16.7 Å². The minimum atomic E-state index is -4.96. The molecule has 0 spiro atoms. The van der Waals surface area contributed by atoms with Crippen LogP contribution in [0.25, 0.3) is 5.69 Å². The second-order valence-electron chi connectivity index (χ2n) is 5.16. The highest BCUT2D eigenvalue weighted by atomic mass is 35.5. The number of H-pyrrole nitrogens is 1. The van der Waals surface area contributed by atoms with Gasteiger partial charge in [-0.05, 0) is 12.1 Å². The molecule has 0 aliphatic rings. The summed E-state index contributed by atoms with van der Waals surface area (Å²) in [6.45, 7) is 0. The topological polar surface area (TPSA) is 89.9 Å². The lowest BCUT2D eigenvalue weighted by Gasteiger charge is -2.12. The van der Waals surface area contributed by atoms with Gasteiger partial charge in [0.05, 0.1) is 10.7 Å². The molecule has 0 atom stereocenters. The highest BCUT2D eigenvalue weighted by Gasteiger charge is 2.33. The zero-order chi connectivity index (χ0) is 20.6. The molecule has 146 valence electrons. The molecule has 0 aliphatic heterocycles. The molecule has 0 unspecified atom stereocenters. The first kappa shape index (κ1) is 19.8. The van der Waals surface area contributed by atoms with Crippen LogP contribution in [0.3, 0.4) is 0 Å². The van der Waals surface area contributed by atoms with Gasteiger partial charge in [-0.2, -0.15) is 18.2 Å². The van der Waals surface area contributed by atoms with E-state index in [2.05, 4.69) is 9.97 Å². The Morgan fingerprint density at radius 2 is 1.86 bits per heavy atom. The van der Waals surface area contributed by atoms with Gasteiger partial charge in [0.25, 0.3) is 5.56 Å². The average molecular weight is 437 g/mol. The van der Waals surface area contributed by atoms with Gasteiger partial charge in [-0.15, -0.1) is 0 Å². The number of nitrogens with zero attached hydrogens (tertiary/aromatic N) is 3. The van der Waals surface area contributed by atoms with Crippen LogP contribution in [0.5, 0.6) is 11.8 Å². The fraction of sp³-hybridized carbons (Fsp3) is 0.0667. The van der Waals surface area contributed by atoms with E-state index in [1.165, 1.54) is 17.2 Å². The van der Waals surface area contributed by atoms with E-state index in [4.69, 9.17) is 27.9 Å². The first-order chi connectivity index (χ1) is 13.1. The van der Waals surface area contributed by atoms with E-state index < -0.39 is 34.6 Å². The number of hydrogen-bond acceptors (Lipinski definition) is 5. The maximum atomic E-state index is 14.3. The maximum absolute atomic E-state index is 14.3. The number of halogens is 6. The van der Waals surface area contributed by atoms with Crippen LogP contribution in [0, 0.1) is 5.82 Å². The summed E-state index contributed by atoms with van der Waals surface area (Å²) in [5.41, 5.74) is -5.19. The molecule has 13 heteroatoms. The van der Waals surface area contributed by atoms with Crippen molar-refractivity contribution in [3.05, 3.63) is 73.0 Å². The zero-order valence-corrected chi connectivity index (χ0v) is 14.7. The van der Waals surface area contributed by atoms with Gasteiger partial charge in [0.15, 0.2) is 5.75 Å². The Kier molecular flexibility index (Phi) is 5.13. The van der Waals surface area contributed by atoms with E-state index in [1.807, 2.05) is 0 Å². The van der Waals surface area contributed by atoms with Crippen LogP contribution in [0.1, 0.15) is 5.69 Å². The Bertz CT molecular complexity index is 1150. The first-order valence-corrected chi connectivity index (χ1v) is 7.91. The summed E-state index contributed by atoms with van der Waals surface area (Å²) in [6.07, 6.45) is -3.71. The number of nitrogens with one attached hydrogen (secondary N) is 1. The van der Waals surface area contributed by atoms with E-state index >= 15 is 0 Å². The van der Waals surface area contributed by atoms with Crippen molar-refractivity contribution in [3.8, 4) is 17.4 Å². The molecule has 1 N–H and O–H groups in total. The van der Waals surface area contributed by atoms with Gasteiger partial charge in [-0.3, -0.25) is 4.79 Å². The predicted octanol–water partition coefficient (Wildman–Crippen LogP) is 3.57. The standard InChI is InChI=1S/C15H6Cl2F4N4O3/c16-6-3-7(18)8(4-9(6)28-13-22-2-1-11(17)24-13)25-12(26)5-10(15(19,20)21)23-14(25)27/h1-5H,(H,23,27). The number of benzene rings is 1. The van der Waals surface area contributed by atoms with Gasteiger partial charge in [0.2, 0.25) is 0 Å². The van der Waals surface area contributed by atoms with Crippen molar-refractivity contribution in [3.63, 3.8) is 0 Å². The number of aromatic amines is 1. The van der Waals surface area contributed by atoms with Crippen LogP contribution >= 0.6 is 23.2 Å². The highest BCUT2D eigenvalue weighted by Crippen LogP contribution is 2.32. The van der Waals surface area contributed by atoms with Crippen LogP contribution < -0.4 is 16.0 Å². The Morgan fingerprint density at radius 3 is 2.46 bits per heavy atom. The highest BCUT2D eigenvalue weighted by molar-refractivity contribution is 6.32. The van der Waals surface area contributed by atoms with E-state index in [-0.39, 0.29) is 32.6 Å². The van der Waals surface area contributed by atoms with Crippen LogP contribution in [-0.2, 0) is 6.18 Å². The smallest absolute Gasteiger partial charge is 0.423 e. The molecule has 0 aliphatic carbocycles. The minimum Gasteiger partial charge on any atom is -0.423 e. The molecule has 2 aromatic heterocycles. The summed E-state index contributed by atoms with van der Waals surface area (Å²) >= 11 is 11.6. The summed E-state index contributed by atoms with van der Waals surface area (Å²) in [5.74, 6) is -1.43. The first-order valence-electron chi connectivity index (χ1n) is 7.15. The number of ether oxygens (including phenoxy) is 1. The lowest BCUT2D eigenvalue weighted by Crippen LogP contribution is -2.36. The Hall–Kier alpha value is -2.92. The fourth-order valence-corrected chi connectivity index (χ4v) is 2.43. The number of aromatic nitrogens is 4. The normalized spacial score (nSPS) is 11.5. The van der Waals surface area contributed by atoms with Gasteiger partial charge < -0.3 is 9.72 Å². The summed E-state index contributed by atoms with van der Waals surface area (Å²) in [7, 11) is 0. The van der Waals surface area contributed by atoms with Crippen molar-refractivity contribution in [2.45, 2.75) is 6.18 Å².